The molecule has 18 heavy (non-hydrogen) atoms. The van der Waals surface area contributed by atoms with Crippen LogP contribution in [0.2, 0.25) is 0 Å². The fraction of sp³-hybridized carbons (Fsp3) is 0.786. The van der Waals surface area contributed by atoms with E-state index in [4.69, 9.17) is 5.11 Å². The van der Waals surface area contributed by atoms with Crippen LogP contribution in [0, 0.1) is 23.7 Å². The molecule has 102 valence electrons. The Morgan fingerprint density at radius 1 is 1.39 bits per heavy atom. The van der Waals surface area contributed by atoms with E-state index in [0.717, 1.165) is 6.42 Å². The first-order valence-electron chi connectivity index (χ1n) is 6.60. The van der Waals surface area contributed by atoms with E-state index in [1.54, 1.807) is 6.92 Å². The Bertz CT molecular complexity index is 348. The summed E-state index contributed by atoms with van der Waals surface area (Å²) in [5, 5.41) is 9.02. The molecule has 4 atom stereocenters. The van der Waals surface area contributed by atoms with Crippen LogP contribution >= 0.6 is 0 Å². The molecule has 1 rings (SSSR count). The van der Waals surface area contributed by atoms with Crippen molar-refractivity contribution in [1.82, 2.24) is 0 Å². The molecule has 0 aliphatic heterocycles. The zero-order valence-corrected chi connectivity index (χ0v) is 11.3. The van der Waals surface area contributed by atoms with Crippen LogP contribution in [0.1, 0.15) is 46.5 Å². The first kappa shape index (κ1) is 14.9. The zero-order chi connectivity index (χ0) is 13.9. The van der Waals surface area contributed by atoms with Crippen LogP contribution in [0.25, 0.3) is 0 Å². The SMILES string of the molecule is CC(=O)CCC1C(=O)C(C(C)C(=O)O)CC[C@H]1C. The third-order valence-electron chi connectivity index (χ3n) is 4.15. The Hall–Kier alpha value is -1.19. The zero-order valence-electron chi connectivity index (χ0n) is 11.3. The standard InChI is InChI=1S/C14H22O4/c1-8-4-6-12(10(3)14(17)18)13(16)11(8)7-5-9(2)15/h8,10-12H,4-7H2,1-3H3,(H,17,18)/t8-,10?,11?,12?/m1/s1. The smallest absolute Gasteiger partial charge is 0.306 e. The number of carboxylic acids is 1. The molecule has 0 saturated heterocycles. The number of aliphatic carboxylic acids is 1. The minimum absolute atomic E-state index is 0.0462. The maximum absolute atomic E-state index is 12.3. The van der Waals surface area contributed by atoms with Crippen molar-refractivity contribution in [2.75, 3.05) is 0 Å². The van der Waals surface area contributed by atoms with Crippen LogP contribution in [0.4, 0.5) is 0 Å². The summed E-state index contributed by atoms with van der Waals surface area (Å²) in [5.41, 5.74) is 0. The molecule has 0 aromatic heterocycles. The highest BCUT2D eigenvalue weighted by Crippen LogP contribution is 2.37. The minimum Gasteiger partial charge on any atom is -0.481 e. The lowest BCUT2D eigenvalue weighted by Gasteiger charge is -2.34. The summed E-state index contributed by atoms with van der Waals surface area (Å²) in [4.78, 5) is 34.3. The van der Waals surface area contributed by atoms with E-state index in [1.165, 1.54) is 6.92 Å². The summed E-state index contributed by atoms with van der Waals surface area (Å²) in [5.74, 6) is -1.66. The van der Waals surface area contributed by atoms with Crippen LogP contribution < -0.4 is 0 Å². The van der Waals surface area contributed by atoms with Gasteiger partial charge in [0.05, 0.1) is 5.92 Å². The Morgan fingerprint density at radius 3 is 2.50 bits per heavy atom. The molecule has 4 nitrogen and oxygen atoms in total. The van der Waals surface area contributed by atoms with Gasteiger partial charge in [-0.3, -0.25) is 9.59 Å². The second kappa shape index (κ2) is 6.12. The van der Waals surface area contributed by atoms with E-state index in [0.29, 0.717) is 19.3 Å². The number of carbonyl (C=O) groups excluding carboxylic acids is 2. The van der Waals surface area contributed by atoms with Gasteiger partial charge in [-0.05, 0) is 32.1 Å². The molecule has 0 bridgehead atoms. The Kier molecular flexibility index (Phi) is 5.05. The number of carboxylic acid groups (broad SMARTS) is 1. The van der Waals surface area contributed by atoms with Gasteiger partial charge < -0.3 is 9.90 Å². The molecule has 0 spiro atoms. The normalized spacial score (nSPS) is 29.9. The second-order valence-electron chi connectivity index (χ2n) is 5.54. The largest absolute Gasteiger partial charge is 0.481 e. The van der Waals surface area contributed by atoms with Crippen LogP contribution in [0.5, 0.6) is 0 Å². The molecule has 3 unspecified atom stereocenters. The van der Waals surface area contributed by atoms with Crippen molar-refractivity contribution in [1.29, 1.82) is 0 Å². The van der Waals surface area contributed by atoms with Crippen molar-refractivity contribution in [3.8, 4) is 0 Å². The number of Topliss-reactive ketones (excluding diaryl/α,β-unsaturated/α-hetero) is 2. The fourth-order valence-corrected chi connectivity index (χ4v) is 2.80. The van der Waals surface area contributed by atoms with Gasteiger partial charge in [-0.1, -0.05) is 13.8 Å². The molecule has 0 aromatic carbocycles. The molecule has 1 aliphatic rings. The summed E-state index contributed by atoms with van der Waals surface area (Å²) in [6.07, 6.45) is 2.51. The summed E-state index contributed by atoms with van der Waals surface area (Å²) in [6, 6.07) is 0. The molecular formula is C14H22O4. The van der Waals surface area contributed by atoms with E-state index >= 15 is 0 Å². The maximum atomic E-state index is 12.3. The number of ketones is 2. The molecule has 1 saturated carbocycles. The van der Waals surface area contributed by atoms with Crippen molar-refractivity contribution >= 4 is 17.5 Å². The van der Waals surface area contributed by atoms with Gasteiger partial charge in [0, 0.05) is 18.3 Å². The molecule has 1 aliphatic carbocycles. The molecule has 0 aromatic rings. The highest BCUT2D eigenvalue weighted by atomic mass is 16.4. The second-order valence-corrected chi connectivity index (χ2v) is 5.54. The lowest BCUT2D eigenvalue weighted by Crippen LogP contribution is -2.39. The topological polar surface area (TPSA) is 71.4 Å². The van der Waals surface area contributed by atoms with Gasteiger partial charge in [0.25, 0.3) is 0 Å². The number of hydrogen-bond donors (Lipinski definition) is 1. The highest BCUT2D eigenvalue weighted by molar-refractivity contribution is 5.89. The summed E-state index contributed by atoms with van der Waals surface area (Å²) in [7, 11) is 0. The van der Waals surface area contributed by atoms with Crippen molar-refractivity contribution < 1.29 is 19.5 Å². The van der Waals surface area contributed by atoms with Crippen molar-refractivity contribution in [2.24, 2.45) is 23.7 Å². The summed E-state index contributed by atoms with van der Waals surface area (Å²) in [6.45, 7) is 5.14. The van der Waals surface area contributed by atoms with Gasteiger partial charge in [0.2, 0.25) is 0 Å². The van der Waals surface area contributed by atoms with Gasteiger partial charge in [-0.25, -0.2) is 0 Å². The average Bonchev–Trinajstić information content (AvgIpc) is 2.27. The Balaban J connectivity index is 2.73. The van der Waals surface area contributed by atoms with E-state index < -0.39 is 11.9 Å². The van der Waals surface area contributed by atoms with Crippen molar-refractivity contribution in [3.63, 3.8) is 0 Å². The minimum atomic E-state index is -0.909. The van der Waals surface area contributed by atoms with Gasteiger partial charge in [-0.15, -0.1) is 0 Å². The first-order chi connectivity index (χ1) is 8.34. The third-order valence-corrected chi connectivity index (χ3v) is 4.15. The molecule has 0 heterocycles. The highest BCUT2D eigenvalue weighted by Gasteiger charge is 2.40. The van der Waals surface area contributed by atoms with Crippen LogP contribution in [-0.4, -0.2) is 22.6 Å². The molecule has 1 fully saturated rings. The Morgan fingerprint density at radius 2 is 2.00 bits per heavy atom. The first-order valence-corrected chi connectivity index (χ1v) is 6.60. The van der Waals surface area contributed by atoms with Crippen LogP contribution in [-0.2, 0) is 14.4 Å². The molecule has 1 N–H and O–H groups in total. The Labute approximate surface area is 108 Å². The fourth-order valence-electron chi connectivity index (χ4n) is 2.80. The average molecular weight is 254 g/mol. The maximum Gasteiger partial charge on any atom is 0.306 e. The summed E-state index contributed by atoms with van der Waals surface area (Å²) < 4.78 is 0. The molecule has 0 radical (unpaired) electrons. The molecule has 0 amide bonds. The van der Waals surface area contributed by atoms with E-state index in [-0.39, 0.29) is 29.3 Å². The lowest BCUT2D eigenvalue weighted by atomic mass is 9.68. The van der Waals surface area contributed by atoms with E-state index in [1.807, 2.05) is 6.92 Å². The van der Waals surface area contributed by atoms with Crippen molar-refractivity contribution in [3.05, 3.63) is 0 Å². The number of carbonyl (C=O) groups is 3. The van der Waals surface area contributed by atoms with Gasteiger partial charge in [0.1, 0.15) is 11.6 Å². The predicted molar refractivity (Wildman–Crippen MR) is 67.1 cm³/mol. The van der Waals surface area contributed by atoms with E-state index in [9.17, 15) is 14.4 Å². The van der Waals surface area contributed by atoms with Crippen LogP contribution in [0.15, 0.2) is 0 Å². The van der Waals surface area contributed by atoms with Gasteiger partial charge in [-0.2, -0.15) is 0 Å². The summed E-state index contributed by atoms with van der Waals surface area (Å²) >= 11 is 0. The quantitative estimate of drug-likeness (QED) is 0.817. The van der Waals surface area contributed by atoms with Crippen molar-refractivity contribution in [2.45, 2.75) is 46.5 Å². The molecule has 4 heteroatoms. The number of rotatable bonds is 5. The van der Waals surface area contributed by atoms with Gasteiger partial charge in [0.15, 0.2) is 0 Å². The van der Waals surface area contributed by atoms with Gasteiger partial charge >= 0.3 is 5.97 Å². The predicted octanol–water partition coefficient (Wildman–Crippen LogP) is 2.31. The van der Waals surface area contributed by atoms with E-state index in [2.05, 4.69) is 0 Å². The molecular weight excluding hydrogens is 232 g/mol. The lowest BCUT2D eigenvalue weighted by molar-refractivity contribution is -0.149. The monoisotopic (exact) mass is 254 g/mol. The van der Waals surface area contributed by atoms with Crippen LogP contribution in [0.3, 0.4) is 0 Å². The third kappa shape index (κ3) is 3.40. The number of hydrogen-bond acceptors (Lipinski definition) is 3.